The van der Waals surface area contributed by atoms with E-state index in [0.717, 1.165) is 31.6 Å². The summed E-state index contributed by atoms with van der Waals surface area (Å²) in [5.74, 6) is 0. The van der Waals surface area contributed by atoms with E-state index in [1.807, 2.05) is 7.05 Å². The van der Waals surface area contributed by atoms with Gasteiger partial charge in [0.15, 0.2) is 0 Å². The standard InChI is InChI=1S/C16H23F3N4O/c1-21(2)14-6-5-12(16(17,18)19)11-13(14)20-15(24)23-8-4-7-22(3)9-10-23/h5-6,11H,4,7-10H2,1-3H3,(H,20,24). The molecule has 1 fully saturated rings. The highest BCUT2D eigenvalue weighted by molar-refractivity contribution is 5.93. The summed E-state index contributed by atoms with van der Waals surface area (Å²) in [7, 11) is 5.43. The van der Waals surface area contributed by atoms with Crippen LogP contribution in [0.1, 0.15) is 12.0 Å². The van der Waals surface area contributed by atoms with E-state index >= 15 is 0 Å². The molecule has 5 nitrogen and oxygen atoms in total. The molecule has 0 radical (unpaired) electrons. The first-order valence-corrected chi connectivity index (χ1v) is 7.81. The fraction of sp³-hybridized carbons (Fsp3) is 0.562. The van der Waals surface area contributed by atoms with Gasteiger partial charge < -0.3 is 20.0 Å². The molecule has 0 saturated carbocycles. The Kier molecular flexibility index (Phi) is 5.58. The Hall–Kier alpha value is -1.96. The largest absolute Gasteiger partial charge is 0.416 e. The molecule has 24 heavy (non-hydrogen) atoms. The maximum absolute atomic E-state index is 12.9. The Balaban J connectivity index is 2.21. The summed E-state index contributed by atoms with van der Waals surface area (Å²) in [6.45, 7) is 2.79. The van der Waals surface area contributed by atoms with Gasteiger partial charge in [0, 0.05) is 33.7 Å². The molecule has 2 rings (SSSR count). The normalized spacial score (nSPS) is 16.7. The van der Waals surface area contributed by atoms with Gasteiger partial charge in [0.25, 0.3) is 0 Å². The lowest BCUT2D eigenvalue weighted by Crippen LogP contribution is -2.38. The minimum atomic E-state index is -4.45. The third-order valence-corrected chi connectivity index (χ3v) is 4.05. The zero-order valence-corrected chi connectivity index (χ0v) is 14.2. The van der Waals surface area contributed by atoms with Crippen molar-refractivity contribution in [1.29, 1.82) is 0 Å². The van der Waals surface area contributed by atoms with Crippen LogP contribution in [0.15, 0.2) is 18.2 Å². The van der Waals surface area contributed by atoms with Crippen molar-refractivity contribution in [2.45, 2.75) is 12.6 Å². The molecule has 1 aliphatic rings. The summed E-state index contributed by atoms with van der Waals surface area (Å²) in [4.78, 5) is 17.9. The molecule has 1 aromatic rings. The van der Waals surface area contributed by atoms with Gasteiger partial charge in [-0.25, -0.2) is 4.79 Å². The number of hydrogen-bond donors (Lipinski definition) is 1. The smallest absolute Gasteiger partial charge is 0.376 e. The number of urea groups is 1. The minimum Gasteiger partial charge on any atom is -0.376 e. The molecule has 0 aromatic heterocycles. The molecule has 1 aromatic carbocycles. The molecule has 0 bridgehead atoms. The quantitative estimate of drug-likeness (QED) is 0.897. The lowest BCUT2D eigenvalue weighted by molar-refractivity contribution is -0.137. The van der Waals surface area contributed by atoms with Gasteiger partial charge in [-0.15, -0.1) is 0 Å². The lowest BCUT2D eigenvalue weighted by atomic mass is 10.1. The van der Waals surface area contributed by atoms with E-state index < -0.39 is 11.7 Å². The van der Waals surface area contributed by atoms with Crippen LogP contribution in [0.2, 0.25) is 0 Å². The first-order valence-electron chi connectivity index (χ1n) is 7.81. The van der Waals surface area contributed by atoms with Crippen LogP contribution in [0.3, 0.4) is 0 Å². The second-order valence-electron chi connectivity index (χ2n) is 6.20. The Morgan fingerprint density at radius 2 is 1.88 bits per heavy atom. The first kappa shape index (κ1) is 18.4. The van der Waals surface area contributed by atoms with E-state index in [4.69, 9.17) is 0 Å². The van der Waals surface area contributed by atoms with Gasteiger partial charge in [-0.3, -0.25) is 0 Å². The monoisotopic (exact) mass is 344 g/mol. The molecule has 0 spiro atoms. The fourth-order valence-electron chi connectivity index (χ4n) is 2.65. The number of alkyl halides is 3. The van der Waals surface area contributed by atoms with E-state index in [1.165, 1.54) is 6.07 Å². The van der Waals surface area contributed by atoms with E-state index in [0.29, 0.717) is 18.8 Å². The Labute approximate surface area is 140 Å². The summed E-state index contributed by atoms with van der Waals surface area (Å²) in [5.41, 5.74) is -0.0836. The van der Waals surface area contributed by atoms with E-state index in [9.17, 15) is 18.0 Å². The Morgan fingerprint density at radius 1 is 1.17 bits per heavy atom. The van der Waals surface area contributed by atoms with Crippen LogP contribution in [0, 0.1) is 0 Å². The molecule has 2 amide bonds. The highest BCUT2D eigenvalue weighted by Gasteiger charge is 2.31. The number of carbonyl (C=O) groups is 1. The van der Waals surface area contributed by atoms with Crippen LogP contribution in [-0.2, 0) is 6.18 Å². The molecule has 0 atom stereocenters. The maximum atomic E-state index is 12.9. The van der Waals surface area contributed by atoms with Crippen molar-refractivity contribution >= 4 is 17.4 Å². The molecule has 134 valence electrons. The zero-order valence-electron chi connectivity index (χ0n) is 14.2. The number of likely N-dealkylation sites (N-methyl/N-ethyl adjacent to an activating group) is 1. The van der Waals surface area contributed by atoms with Crippen LogP contribution in [-0.4, -0.2) is 63.2 Å². The zero-order chi connectivity index (χ0) is 17.9. The van der Waals surface area contributed by atoms with E-state index in [-0.39, 0.29) is 11.7 Å². The number of anilines is 2. The lowest BCUT2D eigenvalue weighted by Gasteiger charge is -2.24. The average molecular weight is 344 g/mol. The number of nitrogens with zero attached hydrogens (tertiary/aromatic N) is 3. The molecule has 1 aliphatic heterocycles. The summed E-state index contributed by atoms with van der Waals surface area (Å²) < 4.78 is 38.8. The van der Waals surface area contributed by atoms with Crippen LogP contribution in [0.25, 0.3) is 0 Å². The van der Waals surface area contributed by atoms with Gasteiger partial charge in [-0.05, 0) is 38.2 Å². The van der Waals surface area contributed by atoms with Crippen LogP contribution in [0.5, 0.6) is 0 Å². The van der Waals surface area contributed by atoms with E-state index in [1.54, 1.807) is 23.9 Å². The summed E-state index contributed by atoms with van der Waals surface area (Å²) in [6, 6.07) is 3.00. The van der Waals surface area contributed by atoms with Gasteiger partial charge >= 0.3 is 12.2 Å². The van der Waals surface area contributed by atoms with Crippen LogP contribution >= 0.6 is 0 Å². The fourth-order valence-corrected chi connectivity index (χ4v) is 2.65. The van der Waals surface area contributed by atoms with Crippen molar-refractivity contribution in [2.75, 3.05) is 57.5 Å². The second-order valence-corrected chi connectivity index (χ2v) is 6.20. The summed E-state index contributed by atoms with van der Waals surface area (Å²) in [5, 5.41) is 2.64. The molecule has 0 aliphatic carbocycles. The predicted octanol–water partition coefficient (Wildman–Crippen LogP) is 2.94. The average Bonchev–Trinajstić information content (AvgIpc) is 2.70. The Bertz CT molecular complexity index is 589. The SMILES string of the molecule is CN1CCCN(C(=O)Nc2cc(C(F)(F)F)ccc2N(C)C)CC1. The summed E-state index contributed by atoms with van der Waals surface area (Å²) >= 11 is 0. The van der Waals surface area contributed by atoms with E-state index in [2.05, 4.69) is 10.2 Å². The number of nitrogens with one attached hydrogen (secondary N) is 1. The molecule has 0 unspecified atom stereocenters. The van der Waals surface area contributed by atoms with Gasteiger partial charge in [-0.1, -0.05) is 0 Å². The number of carbonyl (C=O) groups excluding carboxylic acids is 1. The van der Waals surface area contributed by atoms with Crippen LogP contribution < -0.4 is 10.2 Å². The highest BCUT2D eigenvalue weighted by Crippen LogP contribution is 2.35. The first-order chi connectivity index (χ1) is 11.2. The second kappa shape index (κ2) is 7.29. The number of halogens is 3. The predicted molar refractivity (Wildman–Crippen MR) is 88.5 cm³/mol. The van der Waals surface area contributed by atoms with Crippen LogP contribution in [0.4, 0.5) is 29.3 Å². The van der Waals surface area contributed by atoms with Crippen molar-refractivity contribution in [3.05, 3.63) is 23.8 Å². The molecular weight excluding hydrogens is 321 g/mol. The van der Waals surface area contributed by atoms with Gasteiger partial charge in [0.2, 0.25) is 0 Å². The number of rotatable bonds is 2. The molecular formula is C16H23F3N4O. The number of benzene rings is 1. The molecule has 1 N–H and O–H groups in total. The van der Waals surface area contributed by atoms with Crippen molar-refractivity contribution in [3.8, 4) is 0 Å². The van der Waals surface area contributed by atoms with Crippen molar-refractivity contribution in [3.63, 3.8) is 0 Å². The van der Waals surface area contributed by atoms with Crippen molar-refractivity contribution in [1.82, 2.24) is 9.80 Å². The third kappa shape index (κ3) is 4.53. The molecule has 1 heterocycles. The van der Waals surface area contributed by atoms with Gasteiger partial charge in [-0.2, -0.15) is 13.2 Å². The maximum Gasteiger partial charge on any atom is 0.416 e. The molecule has 8 heteroatoms. The number of amides is 2. The highest BCUT2D eigenvalue weighted by atomic mass is 19.4. The topological polar surface area (TPSA) is 38.8 Å². The van der Waals surface area contributed by atoms with Gasteiger partial charge in [0.1, 0.15) is 0 Å². The minimum absolute atomic E-state index is 0.164. The van der Waals surface area contributed by atoms with Crippen molar-refractivity contribution < 1.29 is 18.0 Å². The number of hydrogen-bond acceptors (Lipinski definition) is 3. The molecule has 1 saturated heterocycles. The third-order valence-electron chi connectivity index (χ3n) is 4.05. The van der Waals surface area contributed by atoms with Crippen molar-refractivity contribution in [2.24, 2.45) is 0 Å². The van der Waals surface area contributed by atoms with Gasteiger partial charge in [0.05, 0.1) is 16.9 Å². The summed E-state index contributed by atoms with van der Waals surface area (Å²) in [6.07, 6.45) is -3.61. The Morgan fingerprint density at radius 3 is 2.50 bits per heavy atom.